The first kappa shape index (κ1) is 40.9. The van der Waals surface area contributed by atoms with Crippen molar-refractivity contribution in [3.8, 4) is 0 Å². The Morgan fingerprint density at radius 1 is 0.556 bits per heavy atom. The molecule has 0 aromatic heterocycles. The lowest BCUT2D eigenvalue weighted by atomic mass is 9.34. The van der Waals surface area contributed by atoms with Crippen LogP contribution in [0.2, 0.25) is 0 Å². The Morgan fingerprint density at radius 3 is 1.24 bits per heavy atom. The van der Waals surface area contributed by atoms with Gasteiger partial charge in [-0.3, -0.25) is 19.2 Å². The number of ether oxygens (including phenoxy) is 4. The standard InChI is InChI=1S/2C25H28O6.H2O/c2*1-19(2)14-5-8-22-10-20(3)9-13-18(28)30-11-23(13,22)24(12-31-24)16(17(20)27)25(22,29)21(14,4)7-6-15(19)26;/h2*6-7,9,14,16,29H,5,8,10-12H2,1-4H3;1H2/t2*14-,16-,20+,21-,22+,23-,24-,25+;/m00./s1. The lowest BCUT2D eigenvalue weighted by Crippen LogP contribution is -2.74. The van der Waals surface area contributed by atoms with E-state index in [4.69, 9.17) is 18.9 Å². The van der Waals surface area contributed by atoms with Crippen LogP contribution in [0.3, 0.4) is 0 Å². The number of carbonyl (C=O) groups excluding carboxylic acids is 6. The zero-order valence-corrected chi connectivity index (χ0v) is 37.3. The van der Waals surface area contributed by atoms with Gasteiger partial charge in [-0.15, -0.1) is 0 Å². The molecule has 6 bridgehead atoms. The topological polar surface area (TPSA) is 218 Å². The average Bonchev–Trinajstić information content (AvgIpc) is 4.11. The Balaban J connectivity index is 0.000000132. The summed E-state index contributed by atoms with van der Waals surface area (Å²) < 4.78 is 23.7. The van der Waals surface area contributed by atoms with Gasteiger partial charge < -0.3 is 34.6 Å². The first-order valence-corrected chi connectivity index (χ1v) is 22.9. The lowest BCUT2D eigenvalue weighted by molar-refractivity contribution is -0.258. The molecule has 0 radical (unpaired) electrons. The molecule has 13 heteroatoms. The van der Waals surface area contributed by atoms with Gasteiger partial charge in [-0.2, -0.15) is 0 Å². The van der Waals surface area contributed by atoms with Crippen LogP contribution in [0.1, 0.15) is 93.9 Å². The van der Waals surface area contributed by atoms with Gasteiger partial charge in [-0.25, -0.2) is 9.59 Å². The molecule has 4 heterocycles. The summed E-state index contributed by atoms with van der Waals surface area (Å²) in [5, 5.41) is 26.0. The van der Waals surface area contributed by atoms with Crippen molar-refractivity contribution < 1.29 is 63.4 Å². The summed E-state index contributed by atoms with van der Waals surface area (Å²) in [7, 11) is 0. The molecule has 63 heavy (non-hydrogen) atoms. The molecule has 10 fully saturated rings. The number of fused-ring (bicyclic) bond motifs is 6. The van der Waals surface area contributed by atoms with Crippen molar-refractivity contribution in [2.75, 3.05) is 26.4 Å². The van der Waals surface area contributed by atoms with Crippen molar-refractivity contribution in [2.45, 2.75) is 116 Å². The van der Waals surface area contributed by atoms with Gasteiger partial charge in [0.05, 0.1) is 47.1 Å². The summed E-state index contributed by atoms with van der Waals surface area (Å²) in [6.45, 7) is 16.7. The molecule has 13 nitrogen and oxygen atoms in total. The van der Waals surface area contributed by atoms with Crippen LogP contribution in [-0.2, 0) is 47.7 Å². The molecular formula is C50H58O13. The van der Waals surface area contributed by atoms with Crippen LogP contribution < -0.4 is 0 Å². The summed E-state index contributed by atoms with van der Waals surface area (Å²) in [6.07, 6.45) is 14.4. The Hall–Kier alpha value is -3.62. The van der Waals surface area contributed by atoms with Gasteiger partial charge in [-0.1, -0.05) is 65.8 Å². The number of allylic oxidation sites excluding steroid dienone is 4. The highest BCUT2D eigenvalue weighted by molar-refractivity contribution is 6.05. The molecule has 6 saturated carbocycles. The molecule has 14 rings (SSSR count). The number of Topliss-reactive ketones (excluding diaryl/α,β-unsaturated/α-hetero) is 2. The molecule has 10 aliphatic carbocycles. The molecule has 4 aliphatic heterocycles. The molecule has 336 valence electrons. The summed E-state index contributed by atoms with van der Waals surface area (Å²) >= 11 is 0. The molecule has 4 N–H and O–H groups in total. The van der Waals surface area contributed by atoms with Crippen molar-refractivity contribution in [2.24, 2.45) is 77.8 Å². The van der Waals surface area contributed by atoms with Crippen molar-refractivity contribution in [1.82, 2.24) is 0 Å². The minimum Gasteiger partial charge on any atom is -0.461 e. The Morgan fingerprint density at radius 2 is 0.905 bits per heavy atom. The fourth-order valence-corrected chi connectivity index (χ4v) is 19.9. The maximum atomic E-state index is 14.1. The number of rotatable bonds is 0. The predicted octanol–water partition coefficient (Wildman–Crippen LogP) is 3.47. The molecular weight excluding hydrogens is 809 g/mol. The van der Waals surface area contributed by atoms with Gasteiger partial charge in [0.1, 0.15) is 24.4 Å². The third-order valence-electron chi connectivity index (χ3n) is 22.3. The molecule has 0 aromatic rings. The van der Waals surface area contributed by atoms with Gasteiger partial charge in [0.15, 0.2) is 23.1 Å². The Labute approximate surface area is 365 Å². The second-order valence-electron chi connectivity index (χ2n) is 24.5. The highest BCUT2D eigenvalue weighted by atomic mass is 16.6. The first-order chi connectivity index (χ1) is 28.8. The van der Waals surface area contributed by atoms with E-state index in [0.29, 0.717) is 50.0 Å². The molecule has 4 saturated heterocycles. The van der Waals surface area contributed by atoms with E-state index in [-0.39, 0.29) is 65.6 Å². The summed E-state index contributed by atoms with van der Waals surface area (Å²) in [5.74, 6) is -2.39. The van der Waals surface area contributed by atoms with E-state index >= 15 is 0 Å². The fourth-order valence-electron chi connectivity index (χ4n) is 19.9. The monoisotopic (exact) mass is 866 g/mol. The Bertz CT molecular complexity index is 2360. The van der Waals surface area contributed by atoms with E-state index in [1.807, 2.05) is 79.7 Å². The van der Waals surface area contributed by atoms with Crippen LogP contribution in [0, 0.1) is 77.8 Å². The molecule has 0 amide bonds. The SMILES string of the molecule is CC1(C)C(=O)C=C[C@@]2(C)[C@H]1CC[C@@]13C[C@@]4(C)C=C5C(=O)OC[C@]51[C@]1(CO1)[C@H](C4=O)[C@]32O.CC1(C)C(=O)C=C[C@@]2(C)[C@H]1CC[C@@]13C[C@@]4(C)C=C5C(=O)OC[C@]51[C@]1(CO1)[C@H](C4=O)[C@]32O.O. The first-order valence-electron chi connectivity index (χ1n) is 22.9. The zero-order chi connectivity index (χ0) is 44.1. The van der Waals surface area contributed by atoms with Gasteiger partial charge in [0, 0.05) is 54.5 Å². The summed E-state index contributed by atoms with van der Waals surface area (Å²) in [4.78, 5) is 79.8. The smallest absolute Gasteiger partial charge is 0.334 e. The average molecular weight is 867 g/mol. The van der Waals surface area contributed by atoms with Gasteiger partial charge >= 0.3 is 11.9 Å². The quantitative estimate of drug-likeness (QED) is 0.264. The van der Waals surface area contributed by atoms with E-state index < -0.39 is 88.4 Å². The van der Waals surface area contributed by atoms with Gasteiger partial charge in [-0.05, 0) is 76.4 Å². The second kappa shape index (κ2) is 10.3. The summed E-state index contributed by atoms with van der Waals surface area (Å²) in [6, 6.07) is 0. The van der Waals surface area contributed by atoms with Crippen molar-refractivity contribution in [3.05, 3.63) is 47.6 Å². The largest absolute Gasteiger partial charge is 0.461 e. The summed E-state index contributed by atoms with van der Waals surface area (Å²) in [5.41, 5.74) is -11.1. The predicted molar refractivity (Wildman–Crippen MR) is 219 cm³/mol. The number of hydrogen-bond donors (Lipinski definition) is 2. The minimum atomic E-state index is -1.42. The van der Waals surface area contributed by atoms with Crippen LogP contribution in [0.4, 0.5) is 0 Å². The number of carbonyl (C=O) groups is 6. The van der Waals surface area contributed by atoms with Crippen LogP contribution in [0.5, 0.6) is 0 Å². The van der Waals surface area contributed by atoms with Gasteiger partial charge in [0.25, 0.3) is 0 Å². The number of aliphatic hydroxyl groups is 2. The number of hydrogen-bond acceptors (Lipinski definition) is 12. The van der Waals surface area contributed by atoms with Crippen molar-refractivity contribution in [3.63, 3.8) is 0 Å². The zero-order valence-electron chi connectivity index (χ0n) is 37.3. The normalized spacial score (nSPS) is 58.3. The maximum Gasteiger partial charge on any atom is 0.334 e. The molecule has 0 aromatic carbocycles. The van der Waals surface area contributed by atoms with E-state index in [2.05, 4.69) is 0 Å². The number of cyclic esters (lactones) is 2. The Kier molecular flexibility index (Phi) is 6.70. The van der Waals surface area contributed by atoms with E-state index in [1.54, 1.807) is 12.2 Å². The number of ketones is 4. The van der Waals surface area contributed by atoms with Crippen LogP contribution >= 0.6 is 0 Å². The molecule has 0 unspecified atom stereocenters. The van der Waals surface area contributed by atoms with Crippen LogP contribution in [0.15, 0.2) is 47.6 Å². The van der Waals surface area contributed by atoms with E-state index in [0.717, 1.165) is 12.8 Å². The van der Waals surface area contributed by atoms with Crippen molar-refractivity contribution >= 4 is 35.1 Å². The maximum absolute atomic E-state index is 14.1. The number of epoxide rings is 2. The van der Waals surface area contributed by atoms with Crippen LogP contribution in [0.25, 0.3) is 0 Å². The molecule has 16 atom stereocenters. The van der Waals surface area contributed by atoms with Gasteiger partial charge in [0.2, 0.25) is 0 Å². The minimum absolute atomic E-state index is 0. The number of esters is 2. The fraction of sp³-hybridized carbons (Fsp3) is 0.720. The van der Waals surface area contributed by atoms with Crippen molar-refractivity contribution in [1.29, 1.82) is 0 Å². The van der Waals surface area contributed by atoms with E-state index in [9.17, 15) is 39.0 Å². The lowest BCUT2D eigenvalue weighted by Gasteiger charge is -2.69. The second-order valence-corrected chi connectivity index (χ2v) is 24.5. The van der Waals surface area contributed by atoms with Crippen LogP contribution in [-0.4, -0.2) is 99.6 Å². The molecule has 14 aliphatic rings. The highest BCUT2D eigenvalue weighted by Crippen LogP contribution is 2.90. The molecule has 6 spiro atoms. The van der Waals surface area contributed by atoms with E-state index in [1.165, 1.54) is 0 Å². The third-order valence-corrected chi connectivity index (χ3v) is 22.3. The highest BCUT2D eigenvalue weighted by Gasteiger charge is 2.99. The third kappa shape index (κ3) is 3.32.